The topological polar surface area (TPSA) is 0 Å². The van der Waals surface area contributed by atoms with Gasteiger partial charge in [-0.05, 0) is 66.2 Å². The molecule has 0 saturated carbocycles. The Morgan fingerprint density at radius 2 is 1.13 bits per heavy atom. The first-order valence-electron chi connectivity index (χ1n) is 13.3. The summed E-state index contributed by atoms with van der Waals surface area (Å²) in [5.74, 6) is -3.07. The molecule has 4 heteroatoms. The minimum absolute atomic E-state index is 0.0227. The fourth-order valence-corrected chi connectivity index (χ4v) is 3.39. The van der Waals surface area contributed by atoms with Gasteiger partial charge in [-0.25, -0.2) is 17.6 Å². The number of hydrogen-bond donors (Lipinski definition) is 0. The van der Waals surface area contributed by atoms with E-state index in [9.17, 15) is 17.6 Å². The minimum Gasteiger partial charge on any atom is -0.203 e. The molecule has 0 spiro atoms. The molecule has 0 heterocycles. The largest absolute Gasteiger partial charge is 0.203 e. The van der Waals surface area contributed by atoms with Crippen molar-refractivity contribution in [3.8, 4) is 0 Å². The second-order valence-corrected chi connectivity index (χ2v) is 10.6. The van der Waals surface area contributed by atoms with Gasteiger partial charge in [-0.2, -0.15) is 0 Å². The molecular weight excluding hydrogens is 496 g/mol. The molecule has 0 N–H and O–H groups in total. The van der Waals surface area contributed by atoms with Crippen LogP contribution in [0, 0.1) is 17.8 Å². The van der Waals surface area contributed by atoms with Gasteiger partial charge in [0.1, 0.15) is 0 Å². The molecule has 2 unspecified atom stereocenters. The third-order valence-corrected chi connectivity index (χ3v) is 6.84. The van der Waals surface area contributed by atoms with Crippen LogP contribution in [0.5, 0.6) is 0 Å². The van der Waals surface area contributed by atoms with Crippen molar-refractivity contribution in [2.75, 3.05) is 0 Å². The number of rotatable bonds is 18. The van der Waals surface area contributed by atoms with Gasteiger partial charge >= 0.3 is 0 Å². The second-order valence-electron chi connectivity index (χ2n) is 10.6. The summed E-state index contributed by atoms with van der Waals surface area (Å²) in [7, 11) is 0. The Morgan fingerprint density at radius 1 is 0.667 bits per heavy atom. The van der Waals surface area contributed by atoms with Gasteiger partial charge in [-0.3, -0.25) is 0 Å². The predicted octanol–water partition coefficient (Wildman–Crippen LogP) is 12.2. The van der Waals surface area contributed by atoms with Gasteiger partial charge < -0.3 is 0 Å². The van der Waals surface area contributed by atoms with Crippen molar-refractivity contribution in [1.29, 1.82) is 0 Å². The molecule has 0 amide bonds. The van der Waals surface area contributed by atoms with Crippen LogP contribution in [0.3, 0.4) is 0 Å². The van der Waals surface area contributed by atoms with Crippen LogP contribution in [0.4, 0.5) is 17.6 Å². The lowest BCUT2D eigenvalue weighted by atomic mass is 9.86. The highest BCUT2D eigenvalue weighted by Gasteiger charge is 2.18. The second kappa shape index (κ2) is 17.4. The molecule has 0 aromatic carbocycles. The van der Waals surface area contributed by atoms with E-state index in [1.54, 1.807) is 13.0 Å². The van der Waals surface area contributed by atoms with Crippen LogP contribution < -0.4 is 0 Å². The summed E-state index contributed by atoms with van der Waals surface area (Å²) in [6.07, 6.45) is 9.68. The molecule has 0 rings (SSSR count). The molecule has 0 fully saturated rings. The van der Waals surface area contributed by atoms with Crippen LogP contribution >= 0.6 is 0 Å². The summed E-state index contributed by atoms with van der Waals surface area (Å²) in [5, 5.41) is 0. The number of halogens is 4. The quantitative estimate of drug-likeness (QED) is 0.0918. The zero-order valence-electron chi connectivity index (χ0n) is 24.5. The Morgan fingerprint density at radius 3 is 1.59 bits per heavy atom. The van der Waals surface area contributed by atoms with E-state index in [0.29, 0.717) is 29.7 Å². The monoisotopic (exact) mass is 542 g/mol. The van der Waals surface area contributed by atoms with Gasteiger partial charge in [-0.15, -0.1) is 6.58 Å². The highest BCUT2D eigenvalue weighted by Crippen LogP contribution is 2.32. The van der Waals surface area contributed by atoms with Gasteiger partial charge in [0.25, 0.3) is 0 Å². The molecule has 0 aliphatic heterocycles. The predicted molar refractivity (Wildman–Crippen MR) is 163 cm³/mol. The zero-order valence-corrected chi connectivity index (χ0v) is 24.5. The molecule has 0 aliphatic carbocycles. The van der Waals surface area contributed by atoms with Crippen LogP contribution in [0.25, 0.3) is 0 Å². The van der Waals surface area contributed by atoms with Crippen LogP contribution in [-0.4, -0.2) is 0 Å². The highest BCUT2D eigenvalue weighted by molar-refractivity contribution is 5.55. The van der Waals surface area contributed by atoms with Crippen LogP contribution in [0.15, 0.2) is 133 Å². The van der Waals surface area contributed by atoms with E-state index in [1.807, 2.05) is 6.08 Å². The summed E-state index contributed by atoms with van der Waals surface area (Å²) < 4.78 is 58.6. The first kappa shape index (κ1) is 35.9. The average molecular weight is 543 g/mol. The molecule has 214 valence electrons. The lowest BCUT2D eigenvalue weighted by Gasteiger charge is -2.20. The Labute approximate surface area is 234 Å². The van der Waals surface area contributed by atoms with E-state index < -0.39 is 23.3 Å². The summed E-state index contributed by atoms with van der Waals surface area (Å²) in [6.45, 7) is 35.7. The SMILES string of the molecule is C=CCCC(=C)/C(F)=C(/F)C(=C)C(=C)/C=C\C(=C)C(=C)/C(F)=C(/F)C(=C)/C(C)=C/CC(C)C(C)CCC(C)C. The van der Waals surface area contributed by atoms with E-state index in [-0.39, 0.29) is 39.9 Å². The van der Waals surface area contributed by atoms with Crippen molar-refractivity contribution in [1.82, 2.24) is 0 Å². The van der Waals surface area contributed by atoms with Gasteiger partial charge in [0.2, 0.25) is 0 Å². The fraction of sp³-hybridized carbons (Fsp3) is 0.371. The van der Waals surface area contributed by atoms with E-state index >= 15 is 0 Å². The molecule has 0 aliphatic rings. The van der Waals surface area contributed by atoms with Crippen molar-refractivity contribution in [3.63, 3.8) is 0 Å². The maximum absolute atomic E-state index is 14.9. The molecule has 2 atom stereocenters. The maximum atomic E-state index is 14.9. The molecule has 39 heavy (non-hydrogen) atoms. The van der Waals surface area contributed by atoms with Crippen molar-refractivity contribution in [2.24, 2.45) is 17.8 Å². The Bertz CT molecular complexity index is 1100. The molecule has 0 nitrogen and oxygen atoms in total. The lowest BCUT2D eigenvalue weighted by molar-refractivity contribution is 0.339. The lowest BCUT2D eigenvalue weighted by Crippen LogP contribution is -2.08. The first-order valence-corrected chi connectivity index (χ1v) is 13.3. The summed E-state index contributed by atoms with van der Waals surface area (Å²) in [6, 6.07) is 0. The molecule has 0 radical (unpaired) electrons. The Kier molecular flexibility index (Phi) is 16.0. The molecular formula is C35H46F4. The van der Waals surface area contributed by atoms with Crippen LogP contribution in [0.2, 0.25) is 0 Å². The van der Waals surface area contributed by atoms with Crippen LogP contribution in [-0.2, 0) is 0 Å². The van der Waals surface area contributed by atoms with Gasteiger partial charge in [0.15, 0.2) is 23.3 Å². The molecule has 0 saturated heterocycles. The van der Waals surface area contributed by atoms with Crippen molar-refractivity contribution in [2.45, 2.75) is 66.7 Å². The fourth-order valence-electron chi connectivity index (χ4n) is 3.39. The van der Waals surface area contributed by atoms with E-state index in [4.69, 9.17) is 0 Å². The van der Waals surface area contributed by atoms with Crippen molar-refractivity contribution >= 4 is 0 Å². The normalized spacial score (nSPS) is 14.9. The zero-order chi connectivity index (χ0) is 30.4. The molecule has 0 bridgehead atoms. The summed E-state index contributed by atoms with van der Waals surface area (Å²) in [5.41, 5.74) is -0.0900. The highest BCUT2D eigenvalue weighted by atomic mass is 19.2. The van der Waals surface area contributed by atoms with Crippen molar-refractivity contribution < 1.29 is 17.6 Å². The van der Waals surface area contributed by atoms with E-state index in [0.717, 1.165) is 19.3 Å². The Balaban J connectivity index is 5.41. The van der Waals surface area contributed by atoms with Gasteiger partial charge in [0.05, 0.1) is 0 Å². The third kappa shape index (κ3) is 12.1. The minimum atomic E-state index is -1.19. The standard InChI is InChI=1S/C35H46F4/c1-13-14-15-28(9)32(36)33(37)29(10)26(7)20-21-27(8)31(12)35(39)34(38)30(11)25(6)19-18-24(5)23(4)17-16-22(2)3/h13,19-24H,1,7-12,14-18H2,2-6H3/b21-20-,25-19+,33-32-,35-34-. The van der Waals surface area contributed by atoms with Gasteiger partial charge in [-0.1, -0.05) is 104 Å². The number of hydrogen-bond acceptors (Lipinski definition) is 0. The summed E-state index contributed by atoms with van der Waals surface area (Å²) >= 11 is 0. The Hall–Kier alpha value is -3.14. The smallest absolute Gasteiger partial charge is 0.166 e. The van der Waals surface area contributed by atoms with Crippen molar-refractivity contribution in [3.05, 3.63) is 133 Å². The maximum Gasteiger partial charge on any atom is 0.166 e. The molecule has 0 aromatic rings. The van der Waals surface area contributed by atoms with Gasteiger partial charge in [0, 0.05) is 16.7 Å². The first-order chi connectivity index (χ1) is 18.1. The third-order valence-electron chi connectivity index (χ3n) is 6.84. The molecule has 0 aromatic heterocycles. The van der Waals surface area contributed by atoms with Crippen LogP contribution in [0.1, 0.15) is 66.7 Å². The summed E-state index contributed by atoms with van der Waals surface area (Å²) in [4.78, 5) is 0. The van der Waals surface area contributed by atoms with E-state index in [2.05, 4.69) is 73.7 Å². The number of allylic oxidation sites excluding steroid dienone is 15. The van der Waals surface area contributed by atoms with E-state index in [1.165, 1.54) is 12.2 Å². The average Bonchev–Trinajstić information content (AvgIpc) is 2.92.